The van der Waals surface area contributed by atoms with E-state index in [0.717, 1.165) is 29.1 Å². The molecule has 1 fully saturated rings. The number of epoxide rings is 1. The second-order valence-electron chi connectivity index (χ2n) is 3.82. The van der Waals surface area contributed by atoms with Crippen molar-refractivity contribution in [1.82, 2.24) is 0 Å². The lowest BCUT2D eigenvalue weighted by Gasteiger charge is -2.02. The van der Waals surface area contributed by atoms with Crippen molar-refractivity contribution in [3.8, 4) is 5.75 Å². The number of hydrogen-bond acceptors (Lipinski definition) is 3. The molecule has 2 aromatic rings. The van der Waals surface area contributed by atoms with Crippen molar-refractivity contribution in [2.75, 3.05) is 13.2 Å². The molecule has 0 spiro atoms. The van der Waals surface area contributed by atoms with Gasteiger partial charge in [-0.15, -0.1) is 0 Å². The first-order valence-electron chi connectivity index (χ1n) is 5.06. The first-order valence-corrected chi connectivity index (χ1v) is 5.06. The first-order chi connectivity index (χ1) is 7.31. The minimum Gasteiger partial charge on any atom is -0.491 e. The number of hydrogen-bond donors (Lipinski definition) is 0. The minimum absolute atomic E-state index is 0.298. The van der Waals surface area contributed by atoms with Crippen LogP contribution >= 0.6 is 0 Å². The van der Waals surface area contributed by atoms with Crippen LogP contribution < -0.4 is 4.74 Å². The lowest BCUT2D eigenvalue weighted by atomic mass is 10.2. The molecule has 0 amide bonds. The van der Waals surface area contributed by atoms with Gasteiger partial charge in [-0.1, -0.05) is 0 Å². The molecule has 0 bridgehead atoms. The minimum atomic E-state index is 0.298. The predicted octanol–water partition coefficient (Wildman–Crippen LogP) is 2.52. The van der Waals surface area contributed by atoms with Gasteiger partial charge in [-0.3, -0.25) is 0 Å². The van der Waals surface area contributed by atoms with Crippen LogP contribution in [0.25, 0.3) is 11.0 Å². The topological polar surface area (TPSA) is 34.9 Å². The number of ether oxygens (including phenoxy) is 2. The molecular weight excluding hydrogens is 192 g/mol. The molecular formula is C12H12O3. The van der Waals surface area contributed by atoms with Gasteiger partial charge in [0.2, 0.25) is 0 Å². The van der Waals surface area contributed by atoms with Gasteiger partial charge in [0.05, 0.1) is 6.61 Å². The van der Waals surface area contributed by atoms with Gasteiger partial charge < -0.3 is 13.9 Å². The highest BCUT2D eigenvalue weighted by atomic mass is 16.6. The molecule has 0 aliphatic carbocycles. The van der Waals surface area contributed by atoms with Gasteiger partial charge in [0.15, 0.2) is 0 Å². The van der Waals surface area contributed by atoms with Crippen molar-refractivity contribution in [3.63, 3.8) is 0 Å². The van der Waals surface area contributed by atoms with Gasteiger partial charge in [0, 0.05) is 5.39 Å². The van der Waals surface area contributed by atoms with Crippen LogP contribution in [0.15, 0.2) is 28.7 Å². The second kappa shape index (κ2) is 3.28. The van der Waals surface area contributed by atoms with E-state index in [2.05, 4.69) is 0 Å². The summed E-state index contributed by atoms with van der Waals surface area (Å²) in [5.74, 6) is 1.80. The van der Waals surface area contributed by atoms with Gasteiger partial charge in [0.1, 0.15) is 29.8 Å². The molecule has 78 valence electrons. The van der Waals surface area contributed by atoms with E-state index in [4.69, 9.17) is 13.9 Å². The Kier molecular flexibility index (Phi) is 1.92. The molecule has 1 aromatic heterocycles. The van der Waals surface area contributed by atoms with Gasteiger partial charge in [-0.05, 0) is 31.2 Å². The third-order valence-corrected chi connectivity index (χ3v) is 2.45. The third kappa shape index (κ3) is 1.83. The summed E-state index contributed by atoms with van der Waals surface area (Å²) in [7, 11) is 0. The fourth-order valence-corrected chi connectivity index (χ4v) is 1.60. The fraction of sp³-hybridized carbons (Fsp3) is 0.333. The van der Waals surface area contributed by atoms with Gasteiger partial charge >= 0.3 is 0 Å². The summed E-state index contributed by atoms with van der Waals surface area (Å²) in [6.07, 6.45) is 0.298. The maximum Gasteiger partial charge on any atom is 0.134 e. The Labute approximate surface area is 87.6 Å². The Morgan fingerprint density at radius 1 is 1.40 bits per heavy atom. The van der Waals surface area contributed by atoms with Crippen molar-refractivity contribution in [1.29, 1.82) is 0 Å². The van der Waals surface area contributed by atoms with Crippen LogP contribution in [0.3, 0.4) is 0 Å². The van der Waals surface area contributed by atoms with Gasteiger partial charge in [-0.2, -0.15) is 0 Å². The third-order valence-electron chi connectivity index (χ3n) is 2.45. The van der Waals surface area contributed by atoms with Crippen LogP contribution in [0, 0.1) is 6.92 Å². The van der Waals surface area contributed by atoms with E-state index in [1.54, 1.807) is 0 Å². The largest absolute Gasteiger partial charge is 0.491 e. The summed E-state index contributed by atoms with van der Waals surface area (Å²) in [6, 6.07) is 7.86. The molecule has 1 aliphatic rings. The van der Waals surface area contributed by atoms with Crippen molar-refractivity contribution in [2.45, 2.75) is 13.0 Å². The molecule has 1 aliphatic heterocycles. The molecule has 1 saturated heterocycles. The number of benzene rings is 1. The summed E-state index contributed by atoms with van der Waals surface area (Å²) in [5.41, 5.74) is 0.905. The summed E-state index contributed by atoms with van der Waals surface area (Å²) in [5, 5.41) is 1.08. The molecule has 1 atom stereocenters. The number of furan rings is 1. The Morgan fingerprint density at radius 3 is 3.07 bits per heavy atom. The van der Waals surface area contributed by atoms with Crippen LogP contribution in [0.4, 0.5) is 0 Å². The predicted molar refractivity (Wildman–Crippen MR) is 56.2 cm³/mol. The zero-order valence-electron chi connectivity index (χ0n) is 8.53. The zero-order chi connectivity index (χ0) is 10.3. The Balaban J connectivity index is 1.84. The van der Waals surface area contributed by atoms with E-state index in [9.17, 15) is 0 Å². The average Bonchev–Trinajstić information content (AvgIpc) is 2.96. The molecule has 2 heterocycles. The van der Waals surface area contributed by atoms with E-state index in [1.165, 1.54) is 0 Å². The smallest absolute Gasteiger partial charge is 0.134 e. The Hall–Kier alpha value is -1.48. The van der Waals surface area contributed by atoms with Crippen molar-refractivity contribution >= 4 is 11.0 Å². The highest BCUT2D eigenvalue weighted by Crippen LogP contribution is 2.24. The summed E-state index contributed by atoms with van der Waals surface area (Å²) in [4.78, 5) is 0. The summed E-state index contributed by atoms with van der Waals surface area (Å²) < 4.78 is 16.1. The van der Waals surface area contributed by atoms with E-state index < -0.39 is 0 Å². The number of aryl methyl sites for hydroxylation is 1. The Bertz CT molecular complexity index is 483. The molecule has 3 heteroatoms. The van der Waals surface area contributed by atoms with Crippen LogP contribution in [0.5, 0.6) is 5.75 Å². The second-order valence-corrected chi connectivity index (χ2v) is 3.82. The molecule has 3 nitrogen and oxygen atoms in total. The lowest BCUT2D eigenvalue weighted by Crippen LogP contribution is -2.03. The maximum absolute atomic E-state index is 5.58. The average molecular weight is 204 g/mol. The standard InChI is InChI=1S/C12H12O3/c1-8-4-9-5-10(2-3-12(9)15-8)13-6-11-7-14-11/h2-5,11H,6-7H2,1H3. The monoisotopic (exact) mass is 204 g/mol. The highest BCUT2D eigenvalue weighted by molar-refractivity contribution is 5.79. The van der Waals surface area contributed by atoms with Crippen LogP contribution in [-0.2, 0) is 4.74 Å². The van der Waals surface area contributed by atoms with E-state index in [0.29, 0.717) is 12.7 Å². The summed E-state index contributed by atoms with van der Waals surface area (Å²) in [6.45, 7) is 3.41. The quantitative estimate of drug-likeness (QED) is 0.720. The molecule has 15 heavy (non-hydrogen) atoms. The van der Waals surface area contributed by atoms with Gasteiger partial charge in [-0.25, -0.2) is 0 Å². The molecule has 0 saturated carbocycles. The maximum atomic E-state index is 5.58. The molecule has 1 aromatic carbocycles. The molecule has 3 rings (SSSR count). The van der Waals surface area contributed by atoms with E-state index in [1.807, 2.05) is 31.2 Å². The van der Waals surface area contributed by atoms with Crippen LogP contribution in [0.1, 0.15) is 5.76 Å². The normalized spacial score (nSPS) is 19.4. The lowest BCUT2D eigenvalue weighted by molar-refractivity contribution is 0.263. The SMILES string of the molecule is Cc1cc2cc(OCC3CO3)ccc2o1. The highest BCUT2D eigenvalue weighted by Gasteiger charge is 2.23. The Morgan fingerprint density at radius 2 is 2.27 bits per heavy atom. The molecule has 1 unspecified atom stereocenters. The molecule has 0 N–H and O–H groups in total. The molecule has 0 radical (unpaired) electrons. The summed E-state index contributed by atoms with van der Waals surface area (Å²) >= 11 is 0. The fourth-order valence-electron chi connectivity index (χ4n) is 1.60. The van der Waals surface area contributed by atoms with Crippen molar-refractivity contribution < 1.29 is 13.9 Å². The first kappa shape index (κ1) is 8.80. The van der Waals surface area contributed by atoms with Crippen molar-refractivity contribution in [2.24, 2.45) is 0 Å². The van der Waals surface area contributed by atoms with Crippen LogP contribution in [-0.4, -0.2) is 19.3 Å². The van der Waals surface area contributed by atoms with Crippen LogP contribution in [0.2, 0.25) is 0 Å². The zero-order valence-corrected chi connectivity index (χ0v) is 8.53. The van der Waals surface area contributed by atoms with Gasteiger partial charge in [0.25, 0.3) is 0 Å². The van der Waals surface area contributed by atoms with E-state index >= 15 is 0 Å². The number of fused-ring (bicyclic) bond motifs is 1. The van der Waals surface area contributed by atoms with Crippen molar-refractivity contribution in [3.05, 3.63) is 30.0 Å². The van der Waals surface area contributed by atoms with E-state index in [-0.39, 0.29) is 0 Å². The number of rotatable bonds is 3.